The molecule has 0 fully saturated rings. The lowest BCUT2D eigenvalue weighted by molar-refractivity contribution is -0.170. The van der Waals surface area contributed by atoms with E-state index in [1.807, 2.05) is 0 Å². The smallest absolute Gasteiger partial charge is 0.379 e. The number of carbonyl (C=O) groups is 4. The monoisotopic (exact) mass is 1060 g/mol. The number of H-pyrrole nitrogens is 1. The SMILES string of the molecule is C#CCOCC(COCC#C)(COCC#C)NC(=O)CCOCCOCCOCCOCCOCCOCCNC(=O)CC[C@@H](C)NC(=O)c1ccc(N(Cc2cnc3nc(N)[nH]c(=O)c3n2)C(=O)C(F)(F)F)cc1. The van der Waals surface area contributed by atoms with Crippen LogP contribution in [0, 0.1) is 37.0 Å². The molecule has 0 aliphatic heterocycles. The van der Waals surface area contributed by atoms with Crippen LogP contribution in [0.25, 0.3) is 11.2 Å². The Hall–Kier alpha value is -6.77. The van der Waals surface area contributed by atoms with Crippen molar-refractivity contribution in [1.29, 1.82) is 0 Å². The molecule has 0 saturated carbocycles. The molecule has 410 valence electrons. The molecule has 4 amide bonds. The Bertz CT molecular complexity index is 2360. The summed E-state index contributed by atoms with van der Waals surface area (Å²) in [6.07, 6.45) is 12.1. The van der Waals surface area contributed by atoms with Gasteiger partial charge in [0, 0.05) is 36.7 Å². The molecule has 3 aromatic rings. The molecule has 3 rings (SSSR count). The molecule has 1 atom stereocenters. The molecule has 6 N–H and O–H groups in total. The number of rotatable bonds is 39. The lowest BCUT2D eigenvalue weighted by Gasteiger charge is -2.33. The molecule has 1 aromatic carbocycles. The number of hydrogen-bond donors (Lipinski definition) is 5. The molecular weight excluding hydrogens is 996 g/mol. The van der Waals surface area contributed by atoms with Gasteiger partial charge in [-0.05, 0) is 37.6 Å². The summed E-state index contributed by atoms with van der Waals surface area (Å²) in [6, 6.07) is 4.37. The number of terminal acetylenes is 3. The van der Waals surface area contributed by atoms with Gasteiger partial charge in [0.1, 0.15) is 25.4 Å². The lowest BCUT2D eigenvalue weighted by atomic mass is 10.0. The van der Waals surface area contributed by atoms with Gasteiger partial charge >= 0.3 is 12.1 Å². The number of fused-ring (bicyclic) bond motifs is 1. The number of ether oxygens (including phenoxy) is 9. The van der Waals surface area contributed by atoms with Crippen LogP contribution in [-0.4, -0.2) is 187 Å². The third-order valence-electron chi connectivity index (χ3n) is 9.91. The predicted molar refractivity (Wildman–Crippen MR) is 265 cm³/mol. The molecule has 2 aromatic heterocycles. The van der Waals surface area contributed by atoms with Crippen molar-refractivity contribution in [2.24, 2.45) is 0 Å². The van der Waals surface area contributed by atoms with Crippen LogP contribution < -0.4 is 32.1 Å². The summed E-state index contributed by atoms with van der Waals surface area (Å²) in [6.45, 7) is 5.07. The fourth-order valence-corrected chi connectivity index (χ4v) is 6.39. The maximum atomic E-state index is 13.6. The first-order chi connectivity index (χ1) is 36.1. The largest absolute Gasteiger partial charge is 0.471 e. The van der Waals surface area contributed by atoms with Crippen molar-refractivity contribution in [3.63, 3.8) is 0 Å². The number of carbonyl (C=O) groups excluding carboxylic acids is 4. The highest BCUT2D eigenvalue weighted by molar-refractivity contribution is 5.98. The maximum absolute atomic E-state index is 13.6. The van der Waals surface area contributed by atoms with E-state index >= 15 is 0 Å². The number of aromatic amines is 1. The van der Waals surface area contributed by atoms with Crippen molar-refractivity contribution in [1.82, 2.24) is 35.9 Å². The zero-order valence-electron chi connectivity index (χ0n) is 41.7. The van der Waals surface area contributed by atoms with E-state index in [1.165, 1.54) is 12.1 Å². The molecule has 0 radical (unpaired) electrons. The fourth-order valence-electron chi connectivity index (χ4n) is 6.39. The van der Waals surface area contributed by atoms with E-state index in [1.54, 1.807) is 6.92 Å². The van der Waals surface area contributed by atoms with Crippen molar-refractivity contribution >= 4 is 46.4 Å². The van der Waals surface area contributed by atoms with Crippen molar-refractivity contribution in [3.8, 4) is 37.0 Å². The lowest BCUT2D eigenvalue weighted by Crippen LogP contribution is -2.58. The number of amides is 4. The van der Waals surface area contributed by atoms with Gasteiger partial charge in [0.05, 0.1) is 118 Å². The van der Waals surface area contributed by atoms with Gasteiger partial charge in [-0.15, -0.1) is 19.3 Å². The van der Waals surface area contributed by atoms with Gasteiger partial charge in [0.15, 0.2) is 11.2 Å². The van der Waals surface area contributed by atoms with Crippen molar-refractivity contribution in [3.05, 3.63) is 52.1 Å². The first kappa shape index (κ1) is 62.5. The number of hydrogen-bond acceptors (Lipinski definition) is 18. The molecule has 26 heteroatoms. The Kier molecular flexibility index (Phi) is 29.5. The number of nitrogen functional groups attached to an aromatic ring is 1. The van der Waals surface area contributed by atoms with E-state index in [0.717, 1.165) is 18.3 Å². The third kappa shape index (κ3) is 25.3. The standard InChI is InChI=1S/C49H64F3N9O14/c1-5-16-73-33-48(34-74-17-6-2,35-75-18-7-3)60-41(63)14-19-67-21-23-69-25-27-71-29-30-72-28-26-70-24-22-68-20-15-54-40(62)13-8-36(4)56-44(64)37-9-11-39(12-10-37)61(46(66)49(50,51)52)32-38-31-55-43-42(57-38)45(65)59-47(53)58-43/h1-3,9-12,31,36H,8,13-30,32-35H2,4H3,(H,54,62)(H,56,64)(H,60,63)(H3,53,55,58,59,65)/t36-/m1/s1. The molecule has 2 heterocycles. The van der Waals surface area contributed by atoms with Crippen LogP contribution in [0.15, 0.2) is 35.3 Å². The summed E-state index contributed by atoms with van der Waals surface area (Å²) in [5.74, 6) is 3.54. The summed E-state index contributed by atoms with van der Waals surface area (Å²) in [4.78, 5) is 77.0. The summed E-state index contributed by atoms with van der Waals surface area (Å²) in [5.41, 5.74) is 2.99. The normalized spacial score (nSPS) is 11.8. The minimum atomic E-state index is -5.26. The van der Waals surface area contributed by atoms with E-state index in [9.17, 15) is 37.1 Å². The van der Waals surface area contributed by atoms with E-state index in [4.69, 9.17) is 67.6 Å². The number of alkyl halides is 3. The quantitative estimate of drug-likeness (QED) is 0.0388. The zero-order chi connectivity index (χ0) is 54.7. The topological polar surface area (TPSA) is 288 Å². The van der Waals surface area contributed by atoms with Gasteiger partial charge in [0.2, 0.25) is 17.8 Å². The molecule has 0 aliphatic rings. The summed E-state index contributed by atoms with van der Waals surface area (Å²) in [5, 5.41) is 8.35. The second kappa shape index (κ2) is 35.4. The summed E-state index contributed by atoms with van der Waals surface area (Å²) in [7, 11) is 0. The first-order valence-corrected chi connectivity index (χ1v) is 23.5. The average molecular weight is 1060 g/mol. The zero-order valence-corrected chi connectivity index (χ0v) is 41.7. The van der Waals surface area contributed by atoms with Gasteiger partial charge in [-0.1, -0.05) is 17.8 Å². The number of benzene rings is 1. The number of nitrogens with one attached hydrogen (secondary N) is 4. The van der Waals surface area contributed by atoms with Crippen LogP contribution >= 0.6 is 0 Å². The van der Waals surface area contributed by atoms with E-state index in [2.05, 4.69) is 53.6 Å². The Labute approximate surface area is 432 Å². The number of nitrogens with zero attached hydrogens (tertiary/aromatic N) is 4. The molecule has 0 spiro atoms. The fraction of sp³-hybridized carbons (Fsp3) is 0.551. The Morgan fingerprint density at radius 1 is 0.720 bits per heavy atom. The van der Waals surface area contributed by atoms with E-state index in [-0.39, 0.29) is 131 Å². The second-order valence-corrected chi connectivity index (χ2v) is 16.0. The second-order valence-electron chi connectivity index (χ2n) is 16.0. The first-order valence-electron chi connectivity index (χ1n) is 23.5. The molecule has 0 unspecified atom stereocenters. The van der Waals surface area contributed by atoms with Crippen molar-refractivity contribution in [2.75, 3.05) is 136 Å². The van der Waals surface area contributed by atoms with Gasteiger partial charge in [0.25, 0.3) is 11.5 Å². The van der Waals surface area contributed by atoms with Crippen LogP contribution in [0.1, 0.15) is 42.2 Å². The molecule has 0 bridgehead atoms. The Morgan fingerprint density at radius 3 is 1.73 bits per heavy atom. The number of anilines is 2. The number of aromatic nitrogens is 4. The van der Waals surface area contributed by atoms with Gasteiger partial charge in [-0.2, -0.15) is 18.2 Å². The van der Waals surface area contributed by atoms with Gasteiger partial charge < -0.3 is 64.3 Å². The van der Waals surface area contributed by atoms with Crippen LogP contribution in [0.3, 0.4) is 0 Å². The van der Waals surface area contributed by atoms with Crippen LogP contribution in [0.4, 0.5) is 24.8 Å². The van der Waals surface area contributed by atoms with Crippen molar-refractivity contribution < 1.29 is 75.0 Å². The third-order valence-corrected chi connectivity index (χ3v) is 9.91. The Balaban J connectivity index is 1.16. The summed E-state index contributed by atoms with van der Waals surface area (Å²) < 4.78 is 90.2. The molecular formula is C49H64F3N9O14. The average Bonchev–Trinajstić information content (AvgIpc) is 3.37. The highest BCUT2D eigenvalue weighted by atomic mass is 19.4. The summed E-state index contributed by atoms with van der Waals surface area (Å²) >= 11 is 0. The van der Waals surface area contributed by atoms with Gasteiger partial charge in [-0.25, -0.2) is 9.97 Å². The molecule has 0 saturated heterocycles. The molecule has 23 nitrogen and oxygen atoms in total. The number of nitrogens with two attached hydrogens (primary N) is 1. The minimum Gasteiger partial charge on any atom is -0.379 e. The van der Waals surface area contributed by atoms with E-state index in [0.29, 0.717) is 64.4 Å². The van der Waals surface area contributed by atoms with Gasteiger partial charge in [-0.3, -0.25) is 33.9 Å². The molecule has 75 heavy (non-hydrogen) atoms. The highest BCUT2D eigenvalue weighted by Crippen LogP contribution is 2.26. The van der Waals surface area contributed by atoms with Crippen molar-refractivity contribution in [2.45, 2.75) is 50.5 Å². The van der Waals surface area contributed by atoms with Crippen LogP contribution in [0.5, 0.6) is 0 Å². The number of halogens is 3. The molecule has 0 aliphatic carbocycles. The maximum Gasteiger partial charge on any atom is 0.471 e. The Morgan fingerprint density at radius 2 is 1.23 bits per heavy atom. The van der Waals surface area contributed by atoms with E-state index < -0.39 is 41.7 Å². The van der Waals surface area contributed by atoms with Crippen LogP contribution in [-0.2, 0) is 63.6 Å². The highest BCUT2D eigenvalue weighted by Gasteiger charge is 2.43. The minimum absolute atomic E-state index is 0.0167. The predicted octanol–water partition coefficient (Wildman–Crippen LogP) is 0.700. The van der Waals surface area contributed by atoms with Crippen LogP contribution in [0.2, 0.25) is 0 Å².